The topological polar surface area (TPSA) is 49.4 Å². The second-order valence-corrected chi connectivity index (χ2v) is 10.8. The van der Waals surface area contributed by atoms with Crippen LogP contribution in [0, 0.1) is 11.6 Å². The van der Waals surface area contributed by atoms with Crippen LogP contribution in [0.4, 0.5) is 8.78 Å². The van der Waals surface area contributed by atoms with Gasteiger partial charge in [0.05, 0.1) is 5.75 Å². The molecular weight excluding hydrogens is 502 g/mol. The highest BCUT2D eigenvalue weighted by Crippen LogP contribution is 2.22. The van der Waals surface area contributed by atoms with Crippen molar-refractivity contribution in [2.75, 3.05) is 5.75 Å². The molecule has 1 atom stereocenters. The summed E-state index contributed by atoms with van der Waals surface area (Å²) in [6, 6.07) is 21.6. The smallest absolute Gasteiger partial charge is 0.243 e. The summed E-state index contributed by atoms with van der Waals surface area (Å²) < 4.78 is 27.7. The molecule has 0 bridgehead atoms. The number of amides is 2. The fraction of sp³-hybridized carbons (Fsp3) is 0.355. The van der Waals surface area contributed by atoms with Crippen molar-refractivity contribution in [2.24, 2.45) is 0 Å². The number of carbonyl (C=O) groups is 2. The van der Waals surface area contributed by atoms with Crippen LogP contribution in [0.1, 0.15) is 48.8 Å². The van der Waals surface area contributed by atoms with Gasteiger partial charge in [-0.05, 0) is 47.7 Å². The molecule has 1 fully saturated rings. The first-order valence-corrected chi connectivity index (χ1v) is 14.3. The van der Waals surface area contributed by atoms with E-state index in [2.05, 4.69) is 5.32 Å². The van der Waals surface area contributed by atoms with Crippen LogP contribution in [0.3, 0.4) is 0 Å². The fourth-order valence-electron chi connectivity index (χ4n) is 4.83. The lowest BCUT2D eigenvalue weighted by atomic mass is 9.94. The van der Waals surface area contributed by atoms with E-state index < -0.39 is 6.04 Å². The Morgan fingerprint density at radius 2 is 1.55 bits per heavy atom. The van der Waals surface area contributed by atoms with Crippen molar-refractivity contribution in [3.05, 3.63) is 107 Å². The number of rotatable bonds is 11. The van der Waals surface area contributed by atoms with E-state index in [1.165, 1.54) is 36.4 Å². The average Bonchev–Trinajstić information content (AvgIpc) is 2.94. The van der Waals surface area contributed by atoms with Crippen molar-refractivity contribution in [1.82, 2.24) is 10.2 Å². The Bertz CT molecular complexity index is 1180. The number of benzene rings is 3. The van der Waals surface area contributed by atoms with Crippen LogP contribution in [0.5, 0.6) is 0 Å². The van der Waals surface area contributed by atoms with Crippen LogP contribution < -0.4 is 5.32 Å². The molecule has 200 valence electrons. The molecule has 1 N–H and O–H groups in total. The van der Waals surface area contributed by atoms with Crippen molar-refractivity contribution in [3.8, 4) is 0 Å². The molecule has 3 aromatic carbocycles. The number of hydrogen-bond acceptors (Lipinski definition) is 3. The zero-order chi connectivity index (χ0) is 26.7. The van der Waals surface area contributed by atoms with E-state index in [1.54, 1.807) is 35.2 Å². The van der Waals surface area contributed by atoms with E-state index in [1.807, 2.05) is 30.3 Å². The summed E-state index contributed by atoms with van der Waals surface area (Å²) in [5.74, 6) is -0.601. The normalized spacial score (nSPS) is 14.6. The van der Waals surface area contributed by atoms with Gasteiger partial charge in [-0.3, -0.25) is 9.59 Å². The van der Waals surface area contributed by atoms with E-state index in [9.17, 15) is 18.4 Å². The third kappa shape index (κ3) is 8.15. The Morgan fingerprint density at radius 1 is 0.868 bits per heavy atom. The highest BCUT2D eigenvalue weighted by atomic mass is 32.2. The van der Waals surface area contributed by atoms with Gasteiger partial charge in [0, 0.05) is 24.8 Å². The minimum atomic E-state index is -0.731. The first-order chi connectivity index (χ1) is 18.5. The number of nitrogens with zero attached hydrogens (tertiary/aromatic N) is 1. The summed E-state index contributed by atoms with van der Waals surface area (Å²) >= 11 is 1.32. The predicted octanol–water partition coefficient (Wildman–Crippen LogP) is 6.29. The van der Waals surface area contributed by atoms with Gasteiger partial charge in [-0.15, -0.1) is 11.8 Å². The SMILES string of the molecule is O=C(NC1CCCCC1)[C@H](Cc1ccccc1)N(Cc1ccc(F)cc1)C(=O)CSCc1ccccc1F. The maximum absolute atomic E-state index is 14.1. The Hall–Kier alpha value is -3.19. The van der Waals surface area contributed by atoms with Crippen molar-refractivity contribution in [3.63, 3.8) is 0 Å². The van der Waals surface area contributed by atoms with Crippen LogP contribution in [0.25, 0.3) is 0 Å². The first kappa shape index (κ1) is 27.8. The Balaban J connectivity index is 1.56. The standard InChI is InChI=1S/C31H34F2N2O2S/c32-26-17-15-24(16-18-26)20-35(30(36)22-38-21-25-11-7-8-14-28(25)33)29(19-23-9-3-1-4-10-23)31(37)34-27-12-5-2-6-13-27/h1,3-4,7-11,14-18,27,29H,2,5-6,12-13,19-22H2,(H,34,37)/t29-/m0/s1. The van der Waals surface area contributed by atoms with Gasteiger partial charge in [0.1, 0.15) is 17.7 Å². The third-order valence-electron chi connectivity index (χ3n) is 6.93. The highest BCUT2D eigenvalue weighted by molar-refractivity contribution is 7.99. The Labute approximate surface area is 227 Å². The summed E-state index contributed by atoms with van der Waals surface area (Å²) in [6.07, 6.45) is 5.58. The van der Waals surface area contributed by atoms with Gasteiger partial charge in [0.15, 0.2) is 0 Å². The molecule has 38 heavy (non-hydrogen) atoms. The molecule has 3 aromatic rings. The van der Waals surface area contributed by atoms with Gasteiger partial charge in [-0.1, -0.05) is 79.9 Å². The van der Waals surface area contributed by atoms with Crippen LogP contribution in [-0.2, 0) is 28.3 Å². The zero-order valence-corrected chi connectivity index (χ0v) is 22.3. The molecule has 1 aliphatic rings. The lowest BCUT2D eigenvalue weighted by Crippen LogP contribution is -2.53. The predicted molar refractivity (Wildman–Crippen MR) is 148 cm³/mol. The van der Waals surface area contributed by atoms with E-state index in [-0.39, 0.29) is 41.8 Å². The van der Waals surface area contributed by atoms with Gasteiger partial charge in [-0.25, -0.2) is 8.78 Å². The number of halogens is 2. The first-order valence-electron chi connectivity index (χ1n) is 13.2. The molecule has 1 aliphatic carbocycles. The van der Waals surface area contributed by atoms with E-state index in [0.29, 0.717) is 17.7 Å². The van der Waals surface area contributed by atoms with E-state index >= 15 is 0 Å². The minimum absolute atomic E-state index is 0.0948. The molecule has 4 rings (SSSR count). The summed E-state index contributed by atoms with van der Waals surface area (Å²) in [5, 5.41) is 3.21. The third-order valence-corrected chi connectivity index (χ3v) is 7.90. The molecule has 0 heterocycles. The summed E-state index contributed by atoms with van der Waals surface area (Å²) in [5.41, 5.74) is 2.22. The van der Waals surface area contributed by atoms with E-state index in [0.717, 1.165) is 36.8 Å². The molecule has 0 spiro atoms. The second-order valence-electron chi connectivity index (χ2n) is 9.78. The van der Waals surface area contributed by atoms with Crippen LogP contribution in [0.15, 0.2) is 78.9 Å². The van der Waals surface area contributed by atoms with Gasteiger partial charge in [-0.2, -0.15) is 0 Å². The fourth-order valence-corrected chi connectivity index (χ4v) is 5.73. The van der Waals surface area contributed by atoms with Crippen molar-refractivity contribution < 1.29 is 18.4 Å². The molecule has 7 heteroatoms. The Morgan fingerprint density at radius 3 is 2.26 bits per heavy atom. The van der Waals surface area contributed by atoms with Crippen LogP contribution in [0.2, 0.25) is 0 Å². The molecule has 0 aliphatic heterocycles. The summed E-state index contributed by atoms with van der Waals surface area (Å²) in [6.45, 7) is 0.176. The largest absolute Gasteiger partial charge is 0.352 e. The summed E-state index contributed by atoms with van der Waals surface area (Å²) in [7, 11) is 0. The molecule has 0 aromatic heterocycles. The summed E-state index contributed by atoms with van der Waals surface area (Å²) in [4.78, 5) is 29.0. The Kier molecular flexibility index (Phi) is 10.3. The molecule has 4 nitrogen and oxygen atoms in total. The van der Waals surface area contributed by atoms with Gasteiger partial charge < -0.3 is 10.2 Å². The quantitative estimate of drug-likeness (QED) is 0.314. The van der Waals surface area contributed by atoms with Gasteiger partial charge in [0.25, 0.3) is 0 Å². The maximum atomic E-state index is 14.1. The molecule has 2 amide bonds. The lowest BCUT2D eigenvalue weighted by molar-refractivity contribution is -0.139. The lowest BCUT2D eigenvalue weighted by Gasteiger charge is -2.33. The number of hydrogen-bond donors (Lipinski definition) is 1. The number of thioether (sulfide) groups is 1. The molecule has 0 unspecified atom stereocenters. The van der Waals surface area contributed by atoms with E-state index in [4.69, 9.17) is 0 Å². The van der Waals surface area contributed by atoms with Crippen molar-refractivity contribution >= 4 is 23.6 Å². The van der Waals surface area contributed by atoms with Crippen LogP contribution in [-0.4, -0.2) is 34.6 Å². The van der Waals surface area contributed by atoms with Crippen molar-refractivity contribution in [2.45, 2.75) is 62.9 Å². The highest BCUT2D eigenvalue weighted by Gasteiger charge is 2.31. The van der Waals surface area contributed by atoms with Gasteiger partial charge in [0.2, 0.25) is 11.8 Å². The maximum Gasteiger partial charge on any atom is 0.243 e. The molecule has 1 saturated carbocycles. The molecule has 0 saturated heterocycles. The minimum Gasteiger partial charge on any atom is -0.352 e. The van der Waals surface area contributed by atoms with Crippen molar-refractivity contribution in [1.29, 1.82) is 0 Å². The van der Waals surface area contributed by atoms with Gasteiger partial charge >= 0.3 is 0 Å². The second kappa shape index (κ2) is 14.1. The average molecular weight is 537 g/mol. The zero-order valence-electron chi connectivity index (χ0n) is 21.5. The number of carbonyl (C=O) groups excluding carboxylic acids is 2. The van der Waals surface area contributed by atoms with Crippen LogP contribution >= 0.6 is 11.8 Å². The molecular formula is C31H34F2N2O2S. The molecule has 0 radical (unpaired) electrons. The number of nitrogens with one attached hydrogen (secondary N) is 1. The monoisotopic (exact) mass is 536 g/mol.